The smallest absolute Gasteiger partial charge is 0.415 e. The number of para-hydroxylation sites is 1. The second-order valence-corrected chi connectivity index (χ2v) is 8.15. The number of aromatic nitrogens is 2. The lowest BCUT2D eigenvalue weighted by atomic mass is 9.91. The molecule has 166 valence electrons. The fraction of sp³-hybridized carbons (Fsp3) is 0.240. The number of nitrogens with zero attached hydrogens (tertiary/aromatic N) is 4. The van der Waals surface area contributed by atoms with Gasteiger partial charge in [0.2, 0.25) is 0 Å². The molecule has 0 radical (unpaired) electrons. The molecule has 2 fully saturated rings. The predicted octanol–water partition coefficient (Wildman–Crippen LogP) is 3.72. The number of amides is 1. The van der Waals surface area contributed by atoms with Crippen LogP contribution in [0.15, 0.2) is 60.7 Å². The highest BCUT2D eigenvalue weighted by Gasteiger charge is 2.48. The average Bonchev–Trinajstić information content (AvgIpc) is 3.14. The molecule has 2 aliphatic heterocycles. The highest BCUT2D eigenvalue weighted by Crippen LogP contribution is 2.37. The van der Waals surface area contributed by atoms with Crippen LogP contribution in [0.2, 0.25) is 0 Å². The van der Waals surface area contributed by atoms with E-state index in [0.29, 0.717) is 43.7 Å². The van der Waals surface area contributed by atoms with Crippen molar-refractivity contribution in [2.45, 2.75) is 18.4 Å². The molecule has 0 aliphatic carbocycles. The first kappa shape index (κ1) is 20.8. The molecule has 0 unspecified atom stereocenters. The molecule has 3 heterocycles. The van der Waals surface area contributed by atoms with E-state index in [2.05, 4.69) is 26.9 Å². The van der Waals surface area contributed by atoms with Gasteiger partial charge in [0, 0.05) is 31.5 Å². The quantitative estimate of drug-likeness (QED) is 0.607. The molecule has 0 bridgehead atoms. The number of rotatable bonds is 2. The van der Waals surface area contributed by atoms with Crippen molar-refractivity contribution in [2.24, 2.45) is 0 Å². The van der Waals surface area contributed by atoms with Crippen LogP contribution in [0.4, 0.5) is 20.7 Å². The second kappa shape index (κ2) is 8.43. The minimum absolute atomic E-state index is 0.163. The summed E-state index contributed by atoms with van der Waals surface area (Å²) in [6.07, 6.45) is 0.720. The van der Waals surface area contributed by atoms with E-state index in [9.17, 15) is 14.3 Å². The second-order valence-electron chi connectivity index (χ2n) is 8.15. The van der Waals surface area contributed by atoms with Gasteiger partial charge in [0.1, 0.15) is 22.9 Å². The van der Waals surface area contributed by atoms with Gasteiger partial charge in [-0.1, -0.05) is 24.1 Å². The molecule has 1 aromatic heterocycles. The van der Waals surface area contributed by atoms with Crippen molar-refractivity contribution in [3.63, 3.8) is 0 Å². The van der Waals surface area contributed by atoms with Gasteiger partial charge in [-0.05, 0) is 48.4 Å². The van der Waals surface area contributed by atoms with E-state index < -0.39 is 17.5 Å². The Morgan fingerprint density at radius 1 is 1.00 bits per heavy atom. The molecule has 1 amide bonds. The molecule has 0 saturated carbocycles. The number of benzene rings is 2. The summed E-state index contributed by atoms with van der Waals surface area (Å²) >= 11 is 0. The number of aromatic hydroxyl groups is 1. The monoisotopic (exact) mass is 444 g/mol. The molecule has 1 N–H and O–H groups in total. The lowest BCUT2D eigenvalue weighted by Crippen LogP contribution is -2.47. The zero-order chi connectivity index (χ0) is 22.8. The number of anilines is 2. The zero-order valence-electron chi connectivity index (χ0n) is 17.7. The summed E-state index contributed by atoms with van der Waals surface area (Å²) < 4.78 is 19.9. The van der Waals surface area contributed by atoms with E-state index in [0.717, 1.165) is 5.82 Å². The summed E-state index contributed by atoms with van der Waals surface area (Å²) in [6.45, 7) is 1.61. The van der Waals surface area contributed by atoms with Crippen LogP contribution in [0.25, 0.3) is 0 Å². The van der Waals surface area contributed by atoms with E-state index in [4.69, 9.17) is 4.74 Å². The number of phenols is 1. The molecule has 5 rings (SSSR count). The third kappa shape index (κ3) is 4.30. The number of hydrogen-bond acceptors (Lipinski definition) is 6. The van der Waals surface area contributed by atoms with Gasteiger partial charge >= 0.3 is 6.09 Å². The summed E-state index contributed by atoms with van der Waals surface area (Å²) in [6, 6.07) is 16.6. The Hall–Kier alpha value is -4.12. The van der Waals surface area contributed by atoms with E-state index in [-0.39, 0.29) is 11.4 Å². The summed E-state index contributed by atoms with van der Waals surface area (Å²) in [5.41, 5.74) is 0.837. The highest BCUT2D eigenvalue weighted by molar-refractivity contribution is 5.90. The molecule has 8 heteroatoms. The standard InChI is InChI=1S/C25H21FN4O3/c26-21-6-1-2-7-22(21)30-17-25(33-24(30)32)12-14-29(15-13-25)23-11-10-19(27-28-23)9-8-18-4-3-5-20(31)16-18/h1-7,10-11,16,31H,12-15,17H2. The Kier molecular flexibility index (Phi) is 5.31. The SMILES string of the molecule is O=C1OC2(CCN(c3ccc(C#Cc4cccc(O)c4)nn3)CC2)CN1c1ccccc1F. The predicted molar refractivity (Wildman–Crippen MR) is 121 cm³/mol. The first-order chi connectivity index (χ1) is 16.0. The number of piperidine rings is 1. The number of hydrogen-bond donors (Lipinski definition) is 1. The zero-order valence-corrected chi connectivity index (χ0v) is 17.7. The van der Waals surface area contributed by atoms with Gasteiger partial charge < -0.3 is 14.7 Å². The molecule has 2 aliphatic rings. The Bertz CT molecular complexity index is 1240. The van der Waals surface area contributed by atoms with Gasteiger partial charge in [-0.3, -0.25) is 4.90 Å². The number of phenolic OH excluding ortho intramolecular Hbond substituents is 1. The maximum absolute atomic E-state index is 14.2. The first-order valence-corrected chi connectivity index (χ1v) is 10.7. The minimum Gasteiger partial charge on any atom is -0.508 e. The number of carbonyl (C=O) groups excluding carboxylic acids is 1. The summed E-state index contributed by atoms with van der Waals surface area (Å²) in [7, 11) is 0. The van der Waals surface area contributed by atoms with Crippen LogP contribution in [-0.2, 0) is 4.74 Å². The highest BCUT2D eigenvalue weighted by atomic mass is 19.1. The molecule has 33 heavy (non-hydrogen) atoms. The Labute approximate surface area is 190 Å². The fourth-order valence-electron chi connectivity index (χ4n) is 4.16. The number of carbonyl (C=O) groups is 1. The van der Waals surface area contributed by atoms with Gasteiger partial charge in [-0.2, -0.15) is 0 Å². The largest absolute Gasteiger partial charge is 0.508 e. The third-order valence-corrected chi connectivity index (χ3v) is 5.94. The van der Waals surface area contributed by atoms with Gasteiger partial charge in [-0.15, -0.1) is 10.2 Å². The van der Waals surface area contributed by atoms with Crippen molar-refractivity contribution in [1.29, 1.82) is 0 Å². The molecule has 0 atom stereocenters. The molecular weight excluding hydrogens is 423 g/mol. The van der Waals surface area contributed by atoms with E-state index in [1.54, 1.807) is 48.5 Å². The van der Waals surface area contributed by atoms with Crippen molar-refractivity contribution in [3.05, 3.63) is 77.7 Å². The summed E-state index contributed by atoms with van der Waals surface area (Å²) in [5, 5.41) is 18.0. The molecular formula is C25H21FN4O3. The van der Waals surface area contributed by atoms with E-state index >= 15 is 0 Å². The summed E-state index contributed by atoms with van der Waals surface area (Å²) in [5.74, 6) is 6.34. The van der Waals surface area contributed by atoms with Gasteiger partial charge in [0.15, 0.2) is 5.82 Å². The lowest BCUT2D eigenvalue weighted by molar-refractivity contribution is 0.0365. The topological polar surface area (TPSA) is 78.8 Å². The Balaban J connectivity index is 1.23. The number of ether oxygens (including phenoxy) is 1. The number of halogens is 1. The van der Waals surface area contributed by atoms with Crippen LogP contribution < -0.4 is 9.80 Å². The van der Waals surface area contributed by atoms with Crippen LogP contribution in [0.1, 0.15) is 24.1 Å². The van der Waals surface area contributed by atoms with Gasteiger partial charge in [0.05, 0.1) is 12.2 Å². The van der Waals surface area contributed by atoms with Crippen LogP contribution in [0, 0.1) is 17.7 Å². The van der Waals surface area contributed by atoms with Crippen molar-refractivity contribution in [2.75, 3.05) is 29.4 Å². The molecule has 7 nitrogen and oxygen atoms in total. The van der Waals surface area contributed by atoms with Crippen molar-refractivity contribution >= 4 is 17.6 Å². The molecule has 2 saturated heterocycles. The Morgan fingerprint density at radius 2 is 1.82 bits per heavy atom. The molecule has 3 aromatic rings. The summed E-state index contributed by atoms with van der Waals surface area (Å²) in [4.78, 5) is 15.9. The van der Waals surface area contributed by atoms with E-state index in [1.807, 2.05) is 6.07 Å². The lowest BCUT2D eigenvalue weighted by Gasteiger charge is -2.37. The van der Waals surface area contributed by atoms with E-state index in [1.165, 1.54) is 11.0 Å². The van der Waals surface area contributed by atoms with Gasteiger partial charge in [0.25, 0.3) is 0 Å². The van der Waals surface area contributed by atoms with Crippen LogP contribution in [0.3, 0.4) is 0 Å². The molecule has 2 aromatic carbocycles. The van der Waals surface area contributed by atoms with Crippen molar-refractivity contribution in [1.82, 2.24) is 10.2 Å². The fourth-order valence-corrected chi connectivity index (χ4v) is 4.16. The van der Waals surface area contributed by atoms with Gasteiger partial charge in [-0.25, -0.2) is 9.18 Å². The normalized spacial score (nSPS) is 16.9. The van der Waals surface area contributed by atoms with Crippen LogP contribution in [0.5, 0.6) is 5.75 Å². The maximum Gasteiger partial charge on any atom is 0.415 e. The maximum atomic E-state index is 14.2. The Morgan fingerprint density at radius 3 is 2.55 bits per heavy atom. The minimum atomic E-state index is -0.629. The first-order valence-electron chi connectivity index (χ1n) is 10.7. The van der Waals surface area contributed by atoms with Crippen molar-refractivity contribution < 1.29 is 19.0 Å². The third-order valence-electron chi connectivity index (χ3n) is 5.94. The van der Waals surface area contributed by atoms with Crippen molar-refractivity contribution in [3.8, 4) is 17.6 Å². The molecule has 1 spiro atoms. The van der Waals surface area contributed by atoms with Crippen LogP contribution in [-0.4, -0.2) is 46.6 Å². The van der Waals surface area contributed by atoms with Crippen LogP contribution >= 0.6 is 0 Å². The average molecular weight is 444 g/mol.